The molecule has 1 aliphatic heterocycles. The Balaban J connectivity index is 1.64. The molecule has 1 amide bonds. The van der Waals surface area contributed by atoms with Gasteiger partial charge in [-0.2, -0.15) is 0 Å². The third-order valence-corrected chi connectivity index (χ3v) is 4.61. The summed E-state index contributed by atoms with van der Waals surface area (Å²) < 4.78 is 5.33. The highest BCUT2D eigenvalue weighted by atomic mass is 32.1. The monoisotopic (exact) mass is 333 g/mol. The van der Waals surface area contributed by atoms with Gasteiger partial charge in [-0.15, -0.1) is 11.3 Å². The normalized spacial score (nSPS) is 14.8. The standard InChI is InChI=1S/C15H19N5O2S/c1-10-13(23-11(2)18-10)14(21)17-9-12-3-4-16-15(19-12)20-5-7-22-8-6-20/h3-4H,5-9H2,1-2H3,(H,17,21). The summed E-state index contributed by atoms with van der Waals surface area (Å²) in [6.45, 7) is 7.06. The Morgan fingerprint density at radius 3 is 2.83 bits per heavy atom. The molecule has 0 aliphatic carbocycles. The average Bonchev–Trinajstić information content (AvgIpc) is 2.92. The molecule has 0 spiro atoms. The van der Waals surface area contributed by atoms with E-state index in [2.05, 4.69) is 25.2 Å². The molecule has 23 heavy (non-hydrogen) atoms. The second-order valence-electron chi connectivity index (χ2n) is 5.28. The van der Waals surface area contributed by atoms with E-state index in [1.807, 2.05) is 19.9 Å². The van der Waals surface area contributed by atoms with Crippen LogP contribution in [0.4, 0.5) is 5.95 Å². The van der Waals surface area contributed by atoms with Crippen LogP contribution in [0.25, 0.3) is 0 Å². The van der Waals surface area contributed by atoms with Gasteiger partial charge in [0.2, 0.25) is 5.95 Å². The number of aromatic nitrogens is 3. The average molecular weight is 333 g/mol. The summed E-state index contributed by atoms with van der Waals surface area (Å²) in [7, 11) is 0. The lowest BCUT2D eigenvalue weighted by Crippen LogP contribution is -2.37. The molecule has 3 heterocycles. The first-order chi connectivity index (χ1) is 11.1. The van der Waals surface area contributed by atoms with Gasteiger partial charge in [0.05, 0.1) is 36.2 Å². The summed E-state index contributed by atoms with van der Waals surface area (Å²) in [5.74, 6) is 0.574. The molecule has 0 atom stereocenters. The van der Waals surface area contributed by atoms with E-state index < -0.39 is 0 Å². The van der Waals surface area contributed by atoms with Crippen LogP contribution in [-0.4, -0.2) is 47.2 Å². The quantitative estimate of drug-likeness (QED) is 0.909. The van der Waals surface area contributed by atoms with E-state index in [9.17, 15) is 4.79 Å². The molecule has 7 nitrogen and oxygen atoms in total. The number of carbonyl (C=O) groups excluding carboxylic acids is 1. The molecule has 1 N–H and O–H groups in total. The Hall–Kier alpha value is -2.06. The Labute approximate surface area is 138 Å². The summed E-state index contributed by atoms with van der Waals surface area (Å²) >= 11 is 1.41. The predicted molar refractivity (Wildman–Crippen MR) is 87.8 cm³/mol. The van der Waals surface area contributed by atoms with E-state index in [-0.39, 0.29) is 5.91 Å². The van der Waals surface area contributed by atoms with Crippen molar-refractivity contribution in [3.05, 3.63) is 33.5 Å². The van der Waals surface area contributed by atoms with E-state index in [1.54, 1.807) is 6.20 Å². The Bertz CT molecular complexity index is 697. The van der Waals surface area contributed by atoms with Gasteiger partial charge in [-0.1, -0.05) is 0 Å². The number of morpholine rings is 1. The number of nitrogens with zero attached hydrogens (tertiary/aromatic N) is 4. The highest BCUT2D eigenvalue weighted by Crippen LogP contribution is 2.17. The lowest BCUT2D eigenvalue weighted by Gasteiger charge is -2.26. The van der Waals surface area contributed by atoms with E-state index in [0.29, 0.717) is 30.6 Å². The van der Waals surface area contributed by atoms with E-state index in [0.717, 1.165) is 29.5 Å². The smallest absolute Gasteiger partial charge is 0.263 e. The molecule has 0 aromatic carbocycles. The van der Waals surface area contributed by atoms with Crippen molar-refractivity contribution in [2.24, 2.45) is 0 Å². The van der Waals surface area contributed by atoms with Crippen LogP contribution >= 0.6 is 11.3 Å². The predicted octanol–water partition coefficient (Wildman–Crippen LogP) is 1.32. The molecule has 3 rings (SSSR count). The highest BCUT2D eigenvalue weighted by molar-refractivity contribution is 7.13. The third-order valence-electron chi connectivity index (χ3n) is 3.53. The highest BCUT2D eigenvalue weighted by Gasteiger charge is 2.16. The molecule has 1 fully saturated rings. The summed E-state index contributed by atoms with van der Waals surface area (Å²) in [5, 5.41) is 3.79. The minimum absolute atomic E-state index is 0.111. The zero-order valence-electron chi connectivity index (χ0n) is 13.2. The van der Waals surface area contributed by atoms with Crippen molar-refractivity contribution in [2.75, 3.05) is 31.2 Å². The van der Waals surface area contributed by atoms with Crippen LogP contribution in [0.5, 0.6) is 0 Å². The lowest BCUT2D eigenvalue weighted by atomic mass is 10.3. The van der Waals surface area contributed by atoms with Crippen LogP contribution in [0, 0.1) is 13.8 Å². The summed E-state index contributed by atoms with van der Waals surface area (Å²) in [5.41, 5.74) is 1.55. The van der Waals surface area contributed by atoms with Crippen molar-refractivity contribution in [3.63, 3.8) is 0 Å². The Morgan fingerprint density at radius 2 is 2.13 bits per heavy atom. The molecule has 2 aromatic heterocycles. The number of carbonyl (C=O) groups is 1. The Kier molecular flexibility index (Phi) is 4.82. The molecule has 0 saturated carbocycles. The maximum Gasteiger partial charge on any atom is 0.263 e. The minimum Gasteiger partial charge on any atom is -0.378 e. The number of rotatable bonds is 4. The number of hydrogen-bond donors (Lipinski definition) is 1. The first-order valence-electron chi connectivity index (χ1n) is 7.50. The largest absolute Gasteiger partial charge is 0.378 e. The van der Waals surface area contributed by atoms with Crippen LogP contribution < -0.4 is 10.2 Å². The molecule has 1 saturated heterocycles. The van der Waals surface area contributed by atoms with Crippen molar-refractivity contribution in [1.82, 2.24) is 20.3 Å². The van der Waals surface area contributed by atoms with Gasteiger partial charge < -0.3 is 15.0 Å². The maximum absolute atomic E-state index is 12.2. The Morgan fingerprint density at radius 1 is 1.35 bits per heavy atom. The van der Waals surface area contributed by atoms with Gasteiger partial charge in [0.15, 0.2) is 0 Å². The fourth-order valence-electron chi connectivity index (χ4n) is 2.39. The molecule has 8 heteroatoms. The number of amides is 1. The molecule has 0 radical (unpaired) electrons. The number of thiazole rings is 1. The van der Waals surface area contributed by atoms with Crippen LogP contribution in [0.3, 0.4) is 0 Å². The fourth-order valence-corrected chi connectivity index (χ4v) is 3.23. The number of ether oxygens (including phenoxy) is 1. The molecule has 122 valence electrons. The summed E-state index contributed by atoms with van der Waals surface area (Å²) in [6.07, 6.45) is 1.72. The van der Waals surface area contributed by atoms with Crippen molar-refractivity contribution < 1.29 is 9.53 Å². The molecule has 1 aliphatic rings. The summed E-state index contributed by atoms with van der Waals surface area (Å²) in [6, 6.07) is 1.81. The van der Waals surface area contributed by atoms with Gasteiger partial charge >= 0.3 is 0 Å². The third kappa shape index (κ3) is 3.83. The van der Waals surface area contributed by atoms with Crippen LogP contribution in [-0.2, 0) is 11.3 Å². The summed E-state index contributed by atoms with van der Waals surface area (Å²) in [4.78, 5) is 28.1. The number of aryl methyl sites for hydroxylation is 2. The number of anilines is 1. The van der Waals surface area contributed by atoms with Crippen molar-refractivity contribution in [3.8, 4) is 0 Å². The van der Waals surface area contributed by atoms with Gasteiger partial charge in [-0.3, -0.25) is 4.79 Å². The van der Waals surface area contributed by atoms with E-state index >= 15 is 0 Å². The molecular weight excluding hydrogens is 314 g/mol. The minimum atomic E-state index is -0.111. The van der Waals surface area contributed by atoms with Crippen molar-refractivity contribution in [1.29, 1.82) is 0 Å². The second-order valence-corrected chi connectivity index (χ2v) is 6.48. The second kappa shape index (κ2) is 7.01. The van der Waals surface area contributed by atoms with Crippen molar-refractivity contribution in [2.45, 2.75) is 20.4 Å². The van der Waals surface area contributed by atoms with E-state index in [4.69, 9.17) is 4.74 Å². The first kappa shape index (κ1) is 15.8. The molecule has 0 unspecified atom stereocenters. The topological polar surface area (TPSA) is 80.2 Å². The van der Waals surface area contributed by atoms with Gasteiger partial charge in [0, 0.05) is 19.3 Å². The van der Waals surface area contributed by atoms with E-state index in [1.165, 1.54) is 11.3 Å². The van der Waals surface area contributed by atoms with Crippen LogP contribution in [0.2, 0.25) is 0 Å². The first-order valence-corrected chi connectivity index (χ1v) is 8.32. The van der Waals surface area contributed by atoms with Gasteiger partial charge in [-0.05, 0) is 19.9 Å². The fraction of sp³-hybridized carbons (Fsp3) is 0.467. The number of hydrogen-bond acceptors (Lipinski definition) is 7. The van der Waals surface area contributed by atoms with Crippen LogP contribution in [0.15, 0.2) is 12.3 Å². The number of nitrogens with one attached hydrogen (secondary N) is 1. The van der Waals surface area contributed by atoms with Crippen LogP contribution in [0.1, 0.15) is 26.1 Å². The zero-order chi connectivity index (χ0) is 16.2. The zero-order valence-corrected chi connectivity index (χ0v) is 14.0. The molecule has 2 aromatic rings. The van der Waals surface area contributed by atoms with Gasteiger partial charge in [0.1, 0.15) is 4.88 Å². The van der Waals surface area contributed by atoms with Crippen molar-refractivity contribution >= 4 is 23.2 Å². The maximum atomic E-state index is 12.2. The SMILES string of the molecule is Cc1nc(C)c(C(=O)NCc2ccnc(N3CCOCC3)n2)s1. The van der Waals surface area contributed by atoms with Gasteiger partial charge in [-0.25, -0.2) is 15.0 Å². The lowest BCUT2D eigenvalue weighted by molar-refractivity contribution is 0.0953. The van der Waals surface area contributed by atoms with Gasteiger partial charge in [0.25, 0.3) is 5.91 Å². The molecular formula is C15H19N5O2S. The molecule has 0 bridgehead atoms.